The van der Waals surface area contributed by atoms with Gasteiger partial charge in [-0.15, -0.1) is 0 Å². The molecule has 2 atom stereocenters. The van der Waals surface area contributed by atoms with Crippen LogP contribution in [0.4, 0.5) is 0 Å². The van der Waals surface area contributed by atoms with Crippen molar-refractivity contribution in [2.24, 2.45) is 0 Å². The number of pyridine rings is 1. The second-order valence-corrected chi connectivity index (χ2v) is 5.97. The minimum Gasteiger partial charge on any atom is -0.490 e. The molecule has 2 fully saturated rings. The zero-order chi connectivity index (χ0) is 14.9. The summed E-state index contributed by atoms with van der Waals surface area (Å²) >= 11 is 0. The number of piperidine rings is 1. The van der Waals surface area contributed by atoms with Crippen molar-refractivity contribution in [3.63, 3.8) is 0 Å². The molecular formula is C17H18N2O3. The highest BCUT2D eigenvalue weighted by Gasteiger charge is 2.44. The maximum Gasteiger partial charge on any atom is 0.290 e. The number of carbonyl (C=O) groups excluding carboxylic acids is 1. The van der Waals surface area contributed by atoms with E-state index in [1.165, 1.54) is 0 Å². The summed E-state index contributed by atoms with van der Waals surface area (Å²) in [6, 6.07) is 7.76. The Hall–Kier alpha value is -2.30. The number of ether oxygens (including phenoxy) is 1. The molecule has 0 aliphatic carbocycles. The number of rotatable bonds is 3. The summed E-state index contributed by atoms with van der Waals surface area (Å²) in [7, 11) is 0. The van der Waals surface area contributed by atoms with Crippen LogP contribution in [0.2, 0.25) is 0 Å². The predicted molar refractivity (Wildman–Crippen MR) is 79.6 cm³/mol. The molecule has 2 aromatic rings. The molecule has 2 aromatic heterocycles. The van der Waals surface area contributed by atoms with Crippen LogP contribution in [0, 0.1) is 0 Å². The van der Waals surface area contributed by atoms with Gasteiger partial charge in [-0.05, 0) is 37.1 Å². The van der Waals surface area contributed by atoms with Gasteiger partial charge in [-0.1, -0.05) is 0 Å². The molecule has 2 bridgehead atoms. The SMILES string of the molecule is O=C(c1ccco1)N1C2CCC1CC(Oc1ccncc1)C2. The van der Waals surface area contributed by atoms with Gasteiger partial charge in [0.25, 0.3) is 5.91 Å². The van der Waals surface area contributed by atoms with E-state index in [-0.39, 0.29) is 24.1 Å². The first-order valence-electron chi connectivity index (χ1n) is 7.74. The molecule has 0 radical (unpaired) electrons. The molecule has 2 aliphatic rings. The Kier molecular flexibility index (Phi) is 3.33. The zero-order valence-corrected chi connectivity index (χ0v) is 12.2. The van der Waals surface area contributed by atoms with Crippen molar-refractivity contribution in [2.75, 3.05) is 0 Å². The van der Waals surface area contributed by atoms with Gasteiger partial charge in [0, 0.05) is 37.3 Å². The van der Waals surface area contributed by atoms with E-state index in [4.69, 9.17) is 9.15 Å². The van der Waals surface area contributed by atoms with Gasteiger partial charge in [0.2, 0.25) is 0 Å². The molecule has 0 aromatic carbocycles. The molecule has 5 heteroatoms. The Morgan fingerprint density at radius 1 is 1.18 bits per heavy atom. The van der Waals surface area contributed by atoms with Gasteiger partial charge in [0.15, 0.2) is 5.76 Å². The lowest BCUT2D eigenvalue weighted by Crippen LogP contribution is -2.49. The Bertz CT molecular complexity index is 627. The summed E-state index contributed by atoms with van der Waals surface area (Å²) in [6.45, 7) is 0. The van der Waals surface area contributed by atoms with E-state index in [9.17, 15) is 4.79 Å². The number of aromatic nitrogens is 1. The lowest BCUT2D eigenvalue weighted by atomic mass is 9.99. The first kappa shape index (κ1) is 13.4. The topological polar surface area (TPSA) is 55.6 Å². The largest absolute Gasteiger partial charge is 0.490 e. The van der Waals surface area contributed by atoms with Gasteiger partial charge in [0.1, 0.15) is 11.9 Å². The second-order valence-electron chi connectivity index (χ2n) is 5.97. The van der Waals surface area contributed by atoms with E-state index in [0.717, 1.165) is 31.4 Å². The smallest absolute Gasteiger partial charge is 0.290 e. The van der Waals surface area contributed by atoms with Crippen LogP contribution in [0.5, 0.6) is 5.75 Å². The van der Waals surface area contributed by atoms with Crippen LogP contribution in [0.1, 0.15) is 36.2 Å². The van der Waals surface area contributed by atoms with E-state index < -0.39 is 0 Å². The van der Waals surface area contributed by atoms with Crippen molar-refractivity contribution < 1.29 is 13.9 Å². The molecule has 2 aliphatic heterocycles. The molecule has 0 saturated carbocycles. The number of hydrogen-bond acceptors (Lipinski definition) is 4. The van der Waals surface area contributed by atoms with Crippen LogP contribution >= 0.6 is 0 Å². The molecule has 4 heterocycles. The van der Waals surface area contributed by atoms with Gasteiger partial charge < -0.3 is 14.1 Å². The number of nitrogens with zero attached hydrogens (tertiary/aromatic N) is 2. The van der Waals surface area contributed by atoms with Crippen LogP contribution in [-0.2, 0) is 0 Å². The van der Waals surface area contributed by atoms with Gasteiger partial charge in [-0.2, -0.15) is 0 Å². The molecule has 4 rings (SSSR count). The molecular weight excluding hydrogens is 280 g/mol. The van der Waals surface area contributed by atoms with E-state index in [2.05, 4.69) is 4.98 Å². The van der Waals surface area contributed by atoms with Crippen LogP contribution in [0.3, 0.4) is 0 Å². The van der Waals surface area contributed by atoms with Crippen LogP contribution in [0.25, 0.3) is 0 Å². The van der Waals surface area contributed by atoms with Crippen molar-refractivity contribution in [3.8, 4) is 5.75 Å². The maximum atomic E-state index is 12.6. The molecule has 114 valence electrons. The average molecular weight is 298 g/mol. The third-order valence-electron chi connectivity index (χ3n) is 4.61. The van der Waals surface area contributed by atoms with Gasteiger partial charge in [-0.25, -0.2) is 0 Å². The molecule has 5 nitrogen and oxygen atoms in total. The fourth-order valence-corrected chi connectivity index (χ4v) is 3.69. The van der Waals surface area contributed by atoms with Crippen molar-refractivity contribution in [1.82, 2.24) is 9.88 Å². The van der Waals surface area contributed by atoms with Crippen molar-refractivity contribution >= 4 is 5.91 Å². The third kappa shape index (κ3) is 2.36. The van der Waals surface area contributed by atoms with E-state index in [1.54, 1.807) is 30.8 Å². The summed E-state index contributed by atoms with van der Waals surface area (Å²) < 4.78 is 11.3. The van der Waals surface area contributed by atoms with Crippen LogP contribution < -0.4 is 4.74 Å². The zero-order valence-electron chi connectivity index (χ0n) is 12.2. The summed E-state index contributed by atoms with van der Waals surface area (Å²) in [5.74, 6) is 1.30. The highest BCUT2D eigenvalue weighted by Crippen LogP contribution is 2.38. The highest BCUT2D eigenvalue weighted by molar-refractivity contribution is 5.92. The van der Waals surface area contributed by atoms with Crippen molar-refractivity contribution in [3.05, 3.63) is 48.7 Å². The van der Waals surface area contributed by atoms with Gasteiger partial charge >= 0.3 is 0 Å². The van der Waals surface area contributed by atoms with Crippen LogP contribution in [-0.4, -0.2) is 34.0 Å². The minimum absolute atomic E-state index is 0.0138. The average Bonchev–Trinajstić information content (AvgIpc) is 3.15. The van der Waals surface area contributed by atoms with Gasteiger partial charge in [0.05, 0.1) is 6.26 Å². The molecule has 2 unspecified atom stereocenters. The third-order valence-corrected chi connectivity index (χ3v) is 4.61. The van der Waals surface area contributed by atoms with Crippen LogP contribution in [0.15, 0.2) is 47.3 Å². The Morgan fingerprint density at radius 2 is 1.91 bits per heavy atom. The van der Waals surface area contributed by atoms with Crippen molar-refractivity contribution in [2.45, 2.75) is 43.9 Å². The minimum atomic E-state index is 0.0138. The summed E-state index contributed by atoms with van der Waals surface area (Å²) in [5.41, 5.74) is 0. The first-order valence-corrected chi connectivity index (χ1v) is 7.74. The fraction of sp³-hybridized carbons (Fsp3) is 0.412. The maximum absolute atomic E-state index is 12.6. The Balaban J connectivity index is 1.47. The molecule has 0 N–H and O–H groups in total. The lowest BCUT2D eigenvalue weighted by molar-refractivity contribution is 0.0333. The Labute approximate surface area is 128 Å². The highest BCUT2D eigenvalue weighted by atomic mass is 16.5. The number of fused-ring (bicyclic) bond motifs is 2. The quantitative estimate of drug-likeness (QED) is 0.874. The summed E-state index contributed by atoms with van der Waals surface area (Å²) in [6.07, 6.45) is 9.05. The van der Waals surface area contributed by atoms with E-state index in [1.807, 2.05) is 17.0 Å². The summed E-state index contributed by atoms with van der Waals surface area (Å²) in [4.78, 5) is 18.6. The normalized spacial score (nSPS) is 26.9. The molecule has 22 heavy (non-hydrogen) atoms. The molecule has 0 spiro atoms. The molecule has 2 saturated heterocycles. The number of hydrogen-bond donors (Lipinski definition) is 0. The number of carbonyl (C=O) groups is 1. The van der Waals surface area contributed by atoms with E-state index in [0.29, 0.717) is 5.76 Å². The monoisotopic (exact) mass is 298 g/mol. The Morgan fingerprint density at radius 3 is 2.55 bits per heavy atom. The summed E-state index contributed by atoms with van der Waals surface area (Å²) in [5, 5.41) is 0. The van der Waals surface area contributed by atoms with Gasteiger partial charge in [-0.3, -0.25) is 9.78 Å². The van der Waals surface area contributed by atoms with E-state index >= 15 is 0 Å². The predicted octanol–water partition coefficient (Wildman–Crippen LogP) is 2.89. The standard InChI is InChI=1S/C17H18N2O3/c20-17(16-2-1-9-21-16)19-12-3-4-13(19)11-15(10-12)22-14-5-7-18-8-6-14/h1-2,5-9,12-13,15H,3-4,10-11H2. The first-order chi connectivity index (χ1) is 10.8. The molecule has 1 amide bonds. The lowest BCUT2D eigenvalue weighted by Gasteiger charge is -2.38. The second kappa shape index (κ2) is 5.48. The number of amides is 1. The fourth-order valence-electron chi connectivity index (χ4n) is 3.69. The van der Waals surface area contributed by atoms with Crippen molar-refractivity contribution in [1.29, 1.82) is 0 Å². The number of furan rings is 1.